The smallest absolute Gasteiger partial charge is 0.263 e. The van der Waals surface area contributed by atoms with Gasteiger partial charge < -0.3 is 10.3 Å². The van der Waals surface area contributed by atoms with Crippen LogP contribution >= 0.6 is 11.6 Å². The van der Waals surface area contributed by atoms with Gasteiger partial charge in [0, 0.05) is 25.5 Å². The van der Waals surface area contributed by atoms with Gasteiger partial charge in [-0.05, 0) is 18.2 Å². The Bertz CT molecular complexity index is 743. The third-order valence-electron chi connectivity index (χ3n) is 2.80. The highest BCUT2D eigenvalue weighted by atomic mass is 35.5. The number of aryl methyl sites for hydroxylation is 1. The maximum Gasteiger partial charge on any atom is 0.263 e. The van der Waals surface area contributed by atoms with Gasteiger partial charge in [-0.25, -0.2) is 12.8 Å². The van der Waals surface area contributed by atoms with E-state index in [2.05, 4.69) is 4.72 Å². The lowest BCUT2D eigenvalue weighted by atomic mass is 10.3. The SMILES string of the molecule is Cn1cc(S(=O)(=O)Nc2cccc(Cl)c2F)cc1CN. The van der Waals surface area contributed by atoms with Gasteiger partial charge in [0.1, 0.15) is 4.90 Å². The quantitative estimate of drug-likeness (QED) is 0.906. The van der Waals surface area contributed by atoms with E-state index >= 15 is 0 Å². The molecular weight excluding hydrogens is 305 g/mol. The number of aromatic nitrogens is 1. The number of nitrogens with two attached hydrogens (primary N) is 1. The summed E-state index contributed by atoms with van der Waals surface area (Å²) < 4.78 is 41.8. The van der Waals surface area contributed by atoms with Gasteiger partial charge in [-0.2, -0.15) is 0 Å². The molecule has 2 aromatic rings. The molecule has 0 saturated carbocycles. The largest absolute Gasteiger partial charge is 0.352 e. The molecule has 0 fully saturated rings. The summed E-state index contributed by atoms with van der Waals surface area (Å²) in [5, 5.41) is -0.152. The number of rotatable bonds is 4. The summed E-state index contributed by atoms with van der Waals surface area (Å²) in [6.07, 6.45) is 1.41. The molecule has 0 bridgehead atoms. The lowest BCUT2D eigenvalue weighted by Gasteiger charge is -2.08. The second-order valence-corrected chi connectivity index (χ2v) is 6.28. The highest BCUT2D eigenvalue weighted by Gasteiger charge is 2.19. The van der Waals surface area contributed by atoms with Crippen LogP contribution in [0.4, 0.5) is 10.1 Å². The van der Waals surface area contributed by atoms with E-state index in [0.29, 0.717) is 5.69 Å². The van der Waals surface area contributed by atoms with Crippen LogP contribution in [0.15, 0.2) is 35.4 Å². The van der Waals surface area contributed by atoms with Gasteiger partial charge in [-0.1, -0.05) is 17.7 Å². The van der Waals surface area contributed by atoms with Gasteiger partial charge in [0.05, 0.1) is 10.7 Å². The van der Waals surface area contributed by atoms with Crippen molar-refractivity contribution in [3.63, 3.8) is 0 Å². The topological polar surface area (TPSA) is 77.1 Å². The maximum atomic E-state index is 13.7. The second kappa shape index (κ2) is 5.43. The van der Waals surface area contributed by atoms with E-state index in [9.17, 15) is 12.8 Å². The van der Waals surface area contributed by atoms with Crippen LogP contribution in [-0.2, 0) is 23.6 Å². The van der Waals surface area contributed by atoms with Crippen molar-refractivity contribution in [3.8, 4) is 0 Å². The standard InChI is InChI=1S/C12H13ClFN3O2S/c1-17-7-9(5-8(17)6-15)20(18,19)16-11-4-2-3-10(13)12(11)14/h2-5,7,16H,6,15H2,1H3. The molecule has 20 heavy (non-hydrogen) atoms. The molecule has 5 nitrogen and oxygen atoms in total. The molecule has 0 saturated heterocycles. The fourth-order valence-electron chi connectivity index (χ4n) is 1.71. The molecule has 3 N–H and O–H groups in total. The van der Waals surface area contributed by atoms with Gasteiger partial charge in [0.15, 0.2) is 5.82 Å². The number of nitrogens with zero attached hydrogens (tertiary/aromatic N) is 1. The molecule has 1 heterocycles. The Kier molecular flexibility index (Phi) is 4.03. The lowest BCUT2D eigenvalue weighted by Crippen LogP contribution is -2.13. The van der Waals surface area contributed by atoms with Crippen LogP contribution in [0.3, 0.4) is 0 Å². The Labute approximate surface area is 121 Å². The zero-order valence-corrected chi connectivity index (χ0v) is 12.2. The first-order valence-electron chi connectivity index (χ1n) is 5.67. The van der Waals surface area contributed by atoms with Crippen LogP contribution in [0.5, 0.6) is 0 Å². The molecule has 0 aliphatic rings. The van der Waals surface area contributed by atoms with E-state index in [1.165, 1.54) is 30.5 Å². The molecule has 108 valence electrons. The van der Waals surface area contributed by atoms with Gasteiger partial charge in [-0.15, -0.1) is 0 Å². The van der Waals surface area contributed by atoms with Crippen molar-refractivity contribution in [2.75, 3.05) is 4.72 Å². The molecule has 8 heteroatoms. The first-order valence-corrected chi connectivity index (χ1v) is 7.53. The highest BCUT2D eigenvalue weighted by molar-refractivity contribution is 7.92. The zero-order valence-electron chi connectivity index (χ0n) is 10.6. The average Bonchev–Trinajstić information content (AvgIpc) is 2.77. The molecule has 0 aliphatic carbocycles. The monoisotopic (exact) mass is 317 g/mol. The van der Waals surface area contributed by atoms with Crippen molar-refractivity contribution in [1.82, 2.24) is 4.57 Å². The van der Waals surface area contributed by atoms with Crippen LogP contribution in [-0.4, -0.2) is 13.0 Å². The highest BCUT2D eigenvalue weighted by Crippen LogP contribution is 2.25. The second-order valence-electron chi connectivity index (χ2n) is 4.19. The first kappa shape index (κ1) is 14.8. The predicted molar refractivity (Wildman–Crippen MR) is 75.5 cm³/mol. The third kappa shape index (κ3) is 2.79. The van der Waals surface area contributed by atoms with E-state index in [0.717, 1.165) is 0 Å². The van der Waals surface area contributed by atoms with Crippen LogP contribution < -0.4 is 10.5 Å². The van der Waals surface area contributed by atoms with Crippen molar-refractivity contribution >= 4 is 27.3 Å². The Balaban J connectivity index is 2.38. The van der Waals surface area contributed by atoms with Crippen LogP contribution in [0.2, 0.25) is 5.02 Å². The van der Waals surface area contributed by atoms with Crippen molar-refractivity contribution in [1.29, 1.82) is 0 Å². The lowest BCUT2D eigenvalue weighted by molar-refractivity contribution is 0.598. The van der Waals surface area contributed by atoms with Crippen molar-refractivity contribution < 1.29 is 12.8 Å². The molecule has 0 radical (unpaired) electrons. The summed E-state index contributed by atoms with van der Waals surface area (Å²) in [4.78, 5) is 0.0137. The summed E-state index contributed by atoms with van der Waals surface area (Å²) in [7, 11) is -2.21. The zero-order chi connectivity index (χ0) is 14.9. The number of anilines is 1. The molecule has 0 unspecified atom stereocenters. The van der Waals surface area contributed by atoms with Gasteiger partial charge in [0.25, 0.3) is 10.0 Å². The van der Waals surface area contributed by atoms with Crippen LogP contribution in [0.1, 0.15) is 5.69 Å². The molecule has 0 atom stereocenters. The van der Waals surface area contributed by atoms with E-state index < -0.39 is 15.8 Å². The van der Waals surface area contributed by atoms with E-state index in [4.69, 9.17) is 17.3 Å². The third-order valence-corrected chi connectivity index (χ3v) is 4.42. The van der Waals surface area contributed by atoms with Crippen molar-refractivity contribution in [2.24, 2.45) is 12.8 Å². The summed E-state index contributed by atoms with van der Waals surface area (Å²) in [5.41, 5.74) is 5.94. The normalized spacial score (nSPS) is 11.6. The number of halogens is 2. The van der Waals surface area contributed by atoms with Gasteiger partial charge in [0.2, 0.25) is 0 Å². The van der Waals surface area contributed by atoms with Gasteiger partial charge in [-0.3, -0.25) is 4.72 Å². The summed E-state index contributed by atoms with van der Waals surface area (Å²) >= 11 is 5.61. The Morgan fingerprint density at radius 3 is 2.75 bits per heavy atom. The minimum absolute atomic E-state index is 0.0137. The van der Waals surface area contributed by atoms with Gasteiger partial charge >= 0.3 is 0 Å². The fraction of sp³-hybridized carbons (Fsp3) is 0.167. The predicted octanol–water partition coefficient (Wildman–Crippen LogP) is 2.08. The fourth-order valence-corrected chi connectivity index (χ4v) is 3.04. The Morgan fingerprint density at radius 1 is 1.45 bits per heavy atom. The van der Waals surface area contributed by atoms with Crippen LogP contribution in [0, 0.1) is 5.82 Å². The number of benzene rings is 1. The molecule has 2 rings (SSSR count). The Morgan fingerprint density at radius 2 is 2.15 bits per heavy atom. The maximum absolute atomic E-state index is 13.7. The average molecular weight is 318 g/mol. The minimum atomic E-state index is -3.89. The molecule has 1 aromatic carbocycles. The minimum Gasteiger partial charge on any atom is -0.352 e. The van der Waals surface area contributed by atoms with E-state index in [1.54, 1.807) is 11.6 Å². The van der Waals surface area contributed by atoms with E-state index in [-0.39, 0.29) is 22.2 Å². The molecule has 1 aromatic heterocycles. The molecular formula is C12H13ClFN3O2S. The first-order chi connectivity index (χ1) is 9.35. The van der Waals surface area contributed by atoms with Crippen LogP contribution in [0.25, 0.3) is 0 Å². The number of nitrogens with one attached hydrogen (secondary N) is 1. The Hall–Kier alpha value is -1.57. The van der Waals surface area contributed by atoms with Crippen molar-refractivity contribution in [2.45, 2.75) is 11.4 Å². The molecule has 0 spiro atoms. The molecule has 0 aliphatic heterocycles. The number of hydrogen-bond acceptors (Lipinski definition) is 3. The number of hydrogen-bond donors (Lipinski definition) is 2. The number of sulfonamides is 1. The molecule has 0 amide bonds. The summed E-state index contributed by atoms with van der Waals surface area (Å²) in [6.45, 7) is 0.206. The summed E-state index contributed by atoms with van der Waals surface area (Å²) in [5.74, 6) is -0.812. The van der Waals surface area contributed by atoms with Crippen molar-refractivity contribution in [3.05, 3.63) is 47.0 Å². The van der Waals surface area contributed by atoms with E-state index in [1.807, 2.05) is 0 Å². The summed E-state index contributed by atoms with van der Waals surface area (Å²) in [6, 6.07) is 5.53.